The quantitative estimate of drug-likeness (QED) is 0.0243. The number of hydrogen-bond donors (Lipinski definition) is 3. The Morgan fingerprint density at radius 2 is 0.732 bits per heavy atom. The summed E-state index contributed by atoms with van der Waals surface area (Å²) in [4.78, 5) is 23.4. The highest BCUT2D eigenvalue weighted by Gasteiger charge is 2.27. The lowest BCUT2D eigenvalue weighted by Gasteiger charge is -2.25. The Labute approximate surface area is 506 Å². The highest BCUT2D eigenvalue weighted by molar-refractivity contribution is 7.47. The van der Waals surface area contributed by atoms with Crippen LogP contribution >= 0.6 is 7.82 Å². The van der Waals surface area contributed by atoms with Gasteiger partial charge in [-0.05, 0) is 103 Å². The van der Waals surface area contributed by atoms with Crippen molar-refractivity contribution in [3.05, 3.63) is 146 Å². The largest absolute Gasteiger partial charge is 0.472 e. The summed E-state index contributed by atoms with van der Waals surface area (Å²) < 4.78 is 23.8. The first-order chi connectivity index (χ1) is 40.0. The molecule has 0 saturated carbocycles. The number of amides is 1. The lowest BCUT2D eigenvalue weighted by atomic mass is 10.0. The highest BCUT2D eigenvalue weighted by atomic mass is 31.2. The van der Waals surface area contributed by atoms with Crippen LogP contribution < -0.4 is 5.32 Å². The normalized spacial score (nSPS) is 14.7. The van der Waals surface area contributed by atoms with Crippen LogP contribution in [-0.2, 0) is 18.4 Å². The van der Waals surface area contributed by atoms with E-state index in [1.807, 2.05) is 27.2 Å². The van der Waals surface area contributed by atoms with Gasteiger partial charge in [-0.1, -0.05) is 295 Å². The molecule has 0 aliphatic heterocycles. The number of rotatable bonds is 59. The Kier molecular flexibility index (Phi) is 59.2. The van der Waals surface area contributed by atoms with Crippen LogP contribution in [0.5, 0.6) is 0 Å². The lowest BCUT2D eigenvalue weighted by Crippen LogP contribution is -2.45. The number of carbonyl (C=O) groups excluding carboxylic acids is 1. The Morgan fingerprint density at radius 1 is 0.427 bits per heavy atom. The minimum atomic E-state index is -4.37. The van der Waals surface area contributed by atoms with Crippen LogP contribution in [-0.4, -0.2) is 73.4 Å². The number of unbranched alkanes of at least 4 members (excludes halogenated alkanes) is 24. The number of likely N-dealkylation sites (N-methyl/N-ethyl adjacent to an activating group) is 1. The van der Waals surface area contributed by atoms with E-state index < -0.39 is 20.0 Å². The molecule has 8 nitrogen and oxygen atoms in total. The molecule has 0 aliphatic carbocycles. The monoisotopic (exact) mass is 1160 g/mol. The summed E-state index contributed by atoms with van der Waals surface area (Å²) in [5.74, 6) is -0.213. The molecule has 0 heterocycles. The standard InChI is InChI=1S/C73H125N2O6P/c1-6-8-10-12-14-16-18-20-22-24-26-28-30-31-32-33-34-35-36-37-38-39-40-41-42-43-45-47-49-51-53-55-57-59-61-63-65-67-73(77)74-71(70-81-82(78,79)80-69-68-75(3,4)5)72(76)66-64-62-60-58-56-54-52-50-48-46-44-29-27-25-23-21-19-17-15-13-11-9-7-2/h8,10,14,16,20,22,26,28,31-32,34-35,37-38,40-41,43,45,49,51,55,57,64,66,71-72,76H,6-7,9,11-13,15,17-19,21,23-25,27,29-30,33,36,39,42,44,46-48,50,52-54,56,58-63,65,67-70H2,1-5H3,(H-,74,77,78,79)/p+1/b10-8-,16-14-,22-20-,28-26-,32-31-,35-34-,38-37-,41-40-,45-43-,51-49-,57-55-,66-64+. The van der Waals surface area contributed by atoms with E-state index >= 15 is 0 Å². The maximum absolute atomic E-state index is 13.0. The summed E-state index contributed by atoms with van der Waals surface area (Å²) in [7, 11) is 1.53. The molecule has 1 amide bonds. The zero-order chi connectivity index (χ0) is 59.8. The van der Waals surface area contributed by atoms with Gasteiger partial charge < -0.3 is 19.8 Å². The van der Waals surface area contributed by atoms with Gasteiger partial charge in [0.05, 0.1) is 39.9 Å². The number of nitrogens with zero attached hydrogens (tertiary/aromatic N) is 1. The summed E-state index contributed by atoms with van der Waals surface area (Å²) in [6.45, 7) is 4.68. The zero-order valence-electron chi connectivity index (χ0n) is 53.4. The summed E-state index contributed by atoms with van der Waals surface area (Å²) in [6, 6.07) is -0.877. The van der Waals surface area contributed by atoms with Gasteiger partial charge in [-0.25, -0.2) is 4.57 Å². The molecule has 3 atom stereocenters. The molecule has 3 N–H and O–H groups in total. The van der Waals surface area contributed by atoms with Gasteiger partial charge in [0.2, 0.25) is 5.91 Å². The molecular formula is C73H126N2O6P+. The Morgan fingerprint density at radius 3 is 1.07 bits per heavy atom. The summed E-state index contributed by atoms with van der Waals surface area (Å²) in [6.07, 6.45) is 95.4. The molecule has 0 saturated heterocycles. The number of hydrogen-bond acceptors (Lipinski definition) is 5. The number of allylic oxidation sites excluding steroid dienone is 23. The number of phosphoric acid groups is 1. The van der Waals surface area contributed by atoms with Gasteiger partial charge in [0.1, 0.15) is 13.2 Å². The minimum absolute atomic E-state index is 0.0472. The molecule has 0 fully saturated rings. The van der Waals surface area contributed by atoms with E-state index in [2.05, 4.69) is 153 Å². The molecule has 468 valence electrons. The number of phosphoric ester groups is 1. The molecule has 0 rings (SSSR count). The van der Waals surface area contributed by atoms with Crippen molar-refractivity contribution in [1.82, 2.24) is 5.32 Å². The van der Waals surface area contributed by atoms with Crippen LogP contribution in [0.2, 0.25) is 0 Å². The van der Waals surface area contributed by atoms with Crippen LogP contribution in [0.15, 0.2) is 146 Å². The van der Waals surface area contributed by atoms with E-state index in [1.54, 1.807) is 6.08 Å². The second-order valence-corrected chi connectivity index (χ2v) is 24.6. The molecule has 0 spiro atoms. The van der Waals surface area contributed by atoms with E-state index in [0.29, 0.717) is 23.9 Å². The first-order valence-electron chi connectivity index (χ1n) is 33.2. The van der Waals surface area contributed by atoms with E-state index in [4.69, 9.17) is 9.05 Å². The minimum Gasteiger partial charge on any atom is -0.387 e. The van der Waals surface area contributed by atoms with Crippen LogP contribution in [0, 0.1) is 0 Å². The first-order valence-corrected chi connectivity index (χ1v) is 34.7. The number of quaternary nitrogens is 1. The summed E-state index contributed by atoms with van der Waals surface area (Å²) in [5, 5.41) is 14.0. The third kappa shape index (κ3) is 64.0. The van der Waals surface area contributed by atoms with Crippen molar-refractivity contribution >= 4 is 13.7 Å². The van der Waals surface area contributed by atoms with Crippen LogP contribution in [0.4, 0.5) is 0 Å². The fraction of sp³-hybridized carbons (Fsp3) is 0.658. The molecule has 82 heavy (non-hydrogen) atoms. The van der Waals surface area contributed by atoms with Gasteiger partial charge in [-0.15, -0.1) is 0 Å². The second-order valence-electron chi connectivity index (χ2n) is 23.1. The summed E-state index contributed by atoms with van der Waals surface area (Å²) >= 11 is 0. The van der Waals surface area contributed by atoms with Crippen LogP contribution in [0.3, 0.4) is 0 Å². The molecule has 0 bridgehead atoms. The molecule has 0 aromatic carbocycles. The molecule has 0 radical (unpaired) electrons. The van der Waals surface area contributed by atoms with Crippen molar-refractivity contribution in [1.29, 1.82) is 0 Å². The van der Waals surface area contributed by atoms with Crippen LogP contribution in [0.25, 0.3) is 0 Å². The van der Waals surface area contributed by atoms with Crippen molar-refractivity contribution in [2.24, 2.45) is 0 Å². The highest BCUT2D eigenvalue weighted by Crippen LogP contribution is 2.43. The fourth-order valence-corrected chi connectivity index (χ4v) is 9.67. The maximum atomic E-state index is 13.0. The third-order valence-electron chi connectivity index (χ3n) is 14.1. The van der Waals surface area contributed by atoms with Gasteiger partial charge in [-0.3, -0.25) is 13.8 Å². The van der Waals surface area contributed by atoms with Gasteiger partial charge in [-0.2, -0.15) is 0 Å². The van der Waals surface area contributed by atoms with Gasteiger partial charge in [0.15, 0.2) is 0 Å². The smallest absolute Gasteiger partial charge is 0.387 e. The van der Waals surface area contributed by atoms with E-state index in [9.17, 15) is 19.4 Å². The van der Waals surface area contributed by atoms with Gasteiger partial charge in [0.25, 0.3) is 0 Å². The Bertz CT molecular complexity index is 1840. The number of aliphatic hydroxyl groups is 1. The lowest BCUT2D eigenvalue weighted by molar-refractivity contribution is -0.870. The molecule has 0 aromatic heterocycles. The van der Waals surface area contributed by atoms with Crippen molar-refractivity contribution in [2.45, 2.75) is 270 Å². The predicted octanol–water partition coefficient (Wildman–Crippen LogP) is 21.2. The van der Waals surface area contributed by atoms with Gasteiger partial charge >= 0.3 is 7.82 Å². The number of nitrogens with one attached hydrogen (secondary N) is 1. The van der Waals surface area contributed by atoms with Crippen LogP contribution in [0.1, 0.15) is 258 Å². The molecule has 9 heteroatoms. The van der Waals surface area contributed by atoms with Crippen molar-refractivity contribution in [3.63, 3.8) is 0 Å². The summed E-state index contributed by atoms with van der Waals surface area (Å²) in [5.41, 5.74) is 0. The maximum Gasteiger partial charge on any atom is 0.472 e. The van der Waals surface area contributed by atoms with E-state index in [1.165, 1.54) is 122 Å². The Hall–Kier alpha value is -3.62. The first kappa shape index (κ1) is 78.4. The molecule has 0 aromatic rings. The SMILES string of the molecule is CC/C=C\C/C=C\C/C=C\C/C=C\C/C=C\C/C=C\C/C=C\C/C=C\C/C=C\C/C=C\C/C=C\CCCCCC(=O)NC(COP(=O)(O)OCC[N+](C)(C)C)C(O)/C=C/CCCCCCCCCCCCCCCCCCCCCCC. The van der Waals surface area contributed by atoms with E-state index in [0.717, 1.165) is 109 Å². The topological polar surface area (TPSA) is 105 Å². The average molecular weight is 1160 g/mol. The van der Waals surface area contributed by atoms with Crippen molar-refractivity contribution in [3.8, 4) is 0 Å². The molecular weight excluding hydrogens is 1030 g/mol. The van der Waals surface area contributed by atoms with Gasteiger partial charge in [0, 0.05) is 6.42 Å². The number of aliphatic hydroxyl groups excluding tert-OH is 1. The van der Waals surface area contributed by atoms with E-state index in [-0.39, 0.29) is 19.1 Å². The second kappa shape index (κ2) is 61.9. The average Bonchev–Trinajstić information content (AvgIpc) is 3.47. The fourth-order valence-electron chi connectivity index (χ4n) is 8.93. The molecule has 3 unspecified atom stereocenters. The third-order valence-corrected chi connectivity index (χ3v) is 15.0. The molecule has 0 aliphatic rings. The zero-order valence-corrected chi connectivity index (χ0v) is 54.3. The van der Waals surface area contributed by atoms with Crippen molar-refractivity contribution in [2.75, 3.05) is 40.9 Å². The number of carbonyl (C=O) groups is 1. The Balaban J connectivity index is 4.26. The predicted molar refractivity (Wildman–Crippen MR) is 359 cm³/mol. The van der Waals surface area contributed by atoms with Crippen molar-refractivity contribution < 1.29 is 32.9 Å².